The van der Waals surface area contributed by atoms with E-state index in [-0.39, 0.29) is 5.91 Å². The molecule has 1 aliphatic heterocycles. The van der Waals surface area contributed by atoms with Gasteiger partial charge in [0.05, 0.1) is 13.2 Å². The molecule has 0 aliphatic carbocycles. The van der Waals surface area contributed by atoms with Gasteiger partial charge in [0.25, 0.3) is 0 Å². The van der Waals surface area contributed by atoms with Crippen LogP contribution in [0.3, 0.4) is 0 Å². The number of hydrogen-bond acceptors (Lipinski definition) is 4. The number of carbonyl (C=O) groups excluding carboxylic acids is 1. The lowest BCUT2D eigenvalue weighted by Gasteiger charge is -2.26. The van der Waals surface area contributed by atoms with Gasteiger partial charge in [-0.15, -0.1) is 0 Å². The first-order valence-electron chi connectivity index (χ1n) is 7.23. The van der Waals surface area contributed by atoms with Gasteiger partial charge < -0.3 is 15.4 Å². The van der Waals surface area contributed by atoms with Crippen molar-refractivity contribution in [1.82, 2.24) is 10.2 Å². The lowest BCUT2D eigenvalue weighted by molar-refractivity contribution is -0.117. The van der Waals surface area contributed by atoms with Crippen molar-refractivity contribution in [3.63, 3.8) is 0 Å². The van der Waals surface area contributed by atoms with Gasteiger partial charge in [-0.1, -0.05) is 6.92 Å². The first-order valence-corrected chi connectivity index (χ1v) is 7.23. The highest BCUT2D eigenvalue weighted by atomic mass is 16.5. The van der Waals surface area contributed by atoms with E-state index < -0.39 is 0 Å². The van der Waals surface area contributed by atoms with Gasteiger partial charge in [0.1, 0.15) is 5.75 Å². The van der Waals surface area contributed by atoms with E-state index in [2.05, 4.69) is 22.5 Å². The molecule has 5 nitrogen and oxygen atoms in total. The standard InChI is InChI=1S/C15H23N3O2/c1-2-11-20-14-5-3-13(4-6-14)17-15(19)12-18-9-7-16-8-10-18/h3-6,16H,2,7-12H2,1H3,(H,17,19). The third-order valence-corrected chi connectivity index (χ3v) is 3.19. The van der Waals surface area contributed by atoms with Crippen molar-refractivity contribution in [2.45, 2.75) is 13.3 Å². The number of nitrogens with one attached hydrogen (secondary N) is 2. The van der Waals surface area contributed by atoms with Gasteiger partial charge in [0.15, 0.2) is 0 Å². The van der Waals surface area contributed by atoms with Crippen molar-refractivity contribution in [3.05, 3.63) is 24.3 Å². The Morgan fingerprint density at radius 1 is 1.30 bits per heavy atom. The lowest BCUT2D eigenvalue weighted by Crippen LogP contribution is -2.46. The predicted molar refractivity (Wildman–Crippen MR) is 80.2 cm³/mol. The first-order chi connectivity index (χ1) is 9.78. The molecule has 5 heteroatoms. The summed E-state index contributed by atoms with van der Waals surface area (Å²) in [6.07, 6.45) is 0.989. The van der Waals surface area contributed by atoms with E-state index in [0.29, 0.717) is 13.2 Å². The monoisotopic (exact) mass is 277 g/mol. The Morgan fingerprint density at radius 3 is 2.65 bits per heavy atom. The minimum Gasteiger partial charge on any atom is -0.494 e. The second-order valence-electron chi connectivity index (χ2n) is 4.95. The predicted octanol–water partition coefficient (Wildman–Crippen LogP) is 1.32. The van der Waals surface area contributed by atoms with E-state index in [1.54, 1.807) is 0 Å². The molecule has 1 aliphatic rings. The van der Waals surface area contributed by atoms with Crippen LogP contribution < -0.4 is 15.4 Å². The Balaban J connectivity index is 1.78. The molecule has 0 atom stereocenters. The molecule has 1 aromatic rings. The molecule has 110 valence electrons. The summed E-state index contributed by atoms with van der Waals surface area (Å²) in [5.74, 6) is 0.876. The number of carbonyl (C=O) groups is 1. The zero-order valence-corrected chi connectivity index (χ0v) is 12.0. The maximum absolute atomic E-state index is 11.9. The zero-order chi connectivity index (χ0) is 14.2. The summed E-state index contributed by atoms with van der Waals surface area (Å²) in [7, 11) is 0. The van der Waals surface area contributed by atoms with Gasteiger partial charge in [-0.3, -0.25) is 9.69 Å². The summed E-state index contributed by atoms with van der Waals surface area (Å²) in [4.78, 5) is 14.1. The van der Waals surface area contributed by atoms with Crippen LogP contribution >= 0.6 is 0 Å². The largest absolute Gasteiger partial charge is 0.494 e. The van der Waals surface area contributed by atoms with E-state index in [1.165, 1.54) is 0 Å². The molecule has 0 spiro atoms. The molecule has 1 heterocycles. The molecular weight excluding hydrogens is 254 g/mol. The van der Waals surface area contributed by atoms with Gasteiger partial charge >= 0.3 is 0 Å². The SMILES string of the molecule is CCCOc1ccc(NC(=O)CN2CCNCC2)cc1. The lowest BCUT2D eigenvalue weighted by atomic mass is 10.3. The summed E-state index contributed by atoms with van der Waals surface area (Å²) in [6.45, 7) is 7.01. The molecule has 20 heavy (non-hydrogen) atoms. The van der Waals surface area contributed by atoms with Crippen molar-refractivity contribution in [3.8, 4) is 5.75 Å². The summed E-state index contributed by atoms with van der Waals surface area (Å²) in [5, 5.41) is 6.19. The highest BCUT2D eigenvalue weighted by Crippen LogP contribution is 2.15. The van der Waals surface area contributed by atoms with Gasteiger partial charge in [0, 0.05) is 31.9 Å². The quantitative estimate of drug-likeness (QED) is 0.823. The number of anilines is 1. The van der Waals surface area contributed by atoms with Gasteiger partial charge in [-0.25, -0.2) is 0 Å². The maximum Gasteiger partial charge on any atom is 0.238 e. The van der Waals surface area contributed by atoms with Crippen molar-refractivity contribution < 1.29 is 9.53 Å². The smallest absolute Gasteiger partial charge is 0.238 e. The normalized spacial score (nSPS) is 15.8. The molecule has 0 saturated carbocycles. The number of nitrogens with zero attached hydrogens (tertiary/aromatic N) is 1. The fraction of sp³-hybridized carbons (Fsp3) is 0.533. The average molecular weight is 277 g/mol. The molecule has 0 radical (unpaired) electrons. The topological polar surface area (TPSA) is 53.6 Å². The van der Waals surface area contributed by atoms with Crippen LogP contribution in [0, 0.1) is 0 Å². The molecular formula is C15H23N3O2. The average Bonchev–Trinajstić information content (AvgIpc) is 2.47. The highest BCUT2D eigenvalue weighted by molar-refractivity contribution is 5.92. The van der Waals surface area contributed by atoms with Gasteiger partial charge in [-0.05, 0) is 30.7 Å². The third kappa shape index (κ3) is 4.83. The molecule has 0 unspecified atom stereocenters. The molecule has 1 aromatic carbocycles. The van der Waals surface area contributed by atoms with Crippen LogP contribution in [-0.4, -0.2) is 50.1 Å². The fourth-order valence-electron chi connectivity index (χ4n) is 2.13. The van der Waals surface area contributed by atoms with E-state index >= 15 is 0 Å². The van der Waals surface area contributed by atoms with Crippen LogP contribution in [0.2, 0.25) is 0 Å². The van der Waals surface area contributed by atoms with Crippen LogP contribution in [0.4, 0.5) is 5.69 Å². The molecule has 1 saturated heterocycles. The Labute approximate surface area is 120 Å². The van der Waals surface area contributed by atoms with E-state index in [4.69, 9.17) is 4.74 Å². The summed E-state index contributed by atoms with van der Waals surface area (Å²) in [5.41, 5.74) is 0.814. The van der Waals surface area contributed by atoms with Crippen LogP contribution in [0.1, 0.15) is 13.3 Å². The minimum absolute atomic E-state index is 0.0362. The molecule has 2 N–H and O–H groups in total. The highest BCUT2D eigenvalue weighted by Gasteiger charge is 2.13. The molecule has 0 aromatic heterocycles. The Hall–Kier alpha value is -1.59. The Morgan fingerprint density at radius 2 is 2.00 bits per heavy atom. The maximum atomic E-state index is 11.9. The molecule has 1 amide bonds. The van der Waals surface area contributed by atoms with E-state index in [0.717, 1.165) is 44.0 Å². The third-order valence-electron chi connectivity index (χ3n) is 3.19. The Kier molecular flexibility index (Phi) is 5.83. The van der Waals surface area contributed by atoms with Crippen LogP contribution in [0.25, 0.3) is 0 Å². The number of amides is 1. The molecule has 1 fully saturated rings. The molecule has 2 rings (SSSR count). The number of benzene rings is 1. The second-order valence-corrected chi connectivity index (χ2v) is 4.95. The van der Waals surface area contributed by atoms with Crippen molar-refractivity contribution >= 4 is 11.6 Å². The minimum atomic E-state index is 0.0362. The van der Waals surface area contributed by atoms with Crippen molar-refractivity contribution in [2.24, 2.45) is 0 Å². The number of rotatable bonds is 6. The second kappa shape index (κ2) is 7.87. The van der Waals surface area contributed by atoms with Crippen LogP contribution in [0.15, 0.2) is 24.3 Å². The fourth-order valence-corrected chi connectivity index (χ4v) is 2.13. The Bertz CT molecular complexity index is 414. The number of ether oxygens (including phenoxy) is 1. The van der Waals surface area contributed by atoms with Crippen LogP contribution in [-0.2, 0) is 4.79 Å². The summed E-state index contributed by atoms with van der Waals surface area (Å²) in [6, 6.07) is 7.52. The first kappa shape index (κ1) is 14.8. The van der Waals surface area contributed by atoms with E-state index in [9.17, 15) is 4.79 Å². The van der Waals surface area contributed by atoms with Gasteiger partial charge in [0.2, 0.25) is 5.91 Å². The van der Waals surface area contributed by atoms with Crippen LogP contribution in [0.5, 0.6) is 5.75 Å². The zero-order valence-electron chi connectivity index (χ0n) is 12.0. The summed E-state index contributed by atoms with van der Waals surface area (Å²) >= 11 is 0. The van der Waals surface area contributed by atoms with Crippen molar-refractivity contribution in [2.75, 3.05) is 44.6 Å². The number of hydrogen-bond donors (Lipinski definition) is 2. The summed E-state index contributed by atoms with van der Waals surface area (Å²) < 4.78 is 5.51. The van der Waals surface area contributed by atoms with Gasteiger partial charge in [-0.2, -0.15) is 0 Å². The molecule has 0 bridgehead atoms. The van der Waals surface area contributed by atoms with E-state index in [1.807, 2.05) is 24.3 Å². The number of piperazine rings is 1. The van der Waals surface area contributed by atoms with Crippen molar-refractivity contribution in [1.29, 1.82) is 0 Å².